The predicted octanol–water partition coefficient (Wildman–Crippen LogP) is 3.05. The number of carbonyl (C=O) groups excluding carboxylic acids is 1. The number of carbonyl (C=O) groups is 1. The third-order valence-corrected chi connectivity index (χ3v) is 4.98. The molecule has 0 saturated heterocycles. The van der Waals surface area contributed by atoms with Crippen LogP contribution in [0, 0.1) is 23.6 Å². The SMILES string of the molecule is CCOC(=O)C1C2CCC(CC2)[C@@H]1Nc1nc(Cl)ncc1F. The molecule has 3 fully saturated rings. The van der Waals surface area contributed by atoms with Crippen LogP contribution in [0.2, 0.25) is 5.28 Å². The second-order valence-electron chi connectivity index (χ2n) is 5.96. The highest BCUT2D eigenvalue weighted by Gasteiger charge is 2.48. The summed E-state index contributed by atoms with van der Waals surface area (Å²) in [7, 11) is 0. The number of halogens is 2. The number of nitrogens with zero attached hydrogens (tertiary/aromatic N) is 2. The molecule has 3 aliphatic rings. The van der Waals surface area contributed by atoms with Gasteiger partial charge in [-0.25, -0.2) is 9.37 Å². The molecule has 0 spiro atoms. The lowest BCUT2D eigenvalue weighted by atomic mass is 9.61. The van der Waals surface area contributed by atoms with Crippen LogP contribution in [0.1, 0.15) is 32.6 Å². The van der Waals surface area contributed by atoms with E-state index in [4.69, 9.17) is 16.3 Å². The van der Waals surface area contributed by atoms with Crippen molar-refractivity contribution in [1.29, 1.82) is 0 Å². The molecule has 0 radical (unpaired) electrons. The second kappa shape index (κ2) is 6.36. The van der Waals surface area contributed by atoms with Gasteiger partial charge in [-0.3, -0.25) is 4.79 Å². The summed E-state index contributed by atoms with van der Waals surface area (Å²) in [4.78, 5) is 19.8. The third-order valence-electron chi connectivity index (χ3n) is 4.80. The van der Waals surface area contributed by atoms with Gasteiger partial charge in [0.1, 0.15) is 0 Å². The first-order valence-corrected chi connectivity index (χ1v) is 8.09. The maximum atomic E-state index is 13.9. The minimum absolute atomic E-state index is 0.0162. The van der Waals surface area contributed by atoms with E-state index in [2.05, 4.69) is 15.3 Å². The Kier molecular flexibility index (Phi) is 4.47. The maximum Gasteiger partial charge on any atom is 0.311 e. The van der Waals surface area contributed by atoms with E-state index in [1.807, 2.05) is 0 Å². The van der Waals surface area contributed by atoms with E-state index in [-0.39, 0.29) is 29.0 Å². The van der Waals surface area contributed by atoms with Gasteiger partial charge in [0.15, 0.2) is 11.6 Å². The van der Waals surface area contributed by atoms with Gasteiger partial charge in [0.25, 0.3) is 0 Å². The molecule has 3 saturated carbocycles. The van der Waals surface area contributed by atoms with Crippen LogP contribution in [-0.4, -0.2) is 28.6 Å². The molecule has 0 aromatic carbocycles. The minimum atomic E-state index is -0.562. The van der Waals surface area contributed by atoms with Crippen molar-refractivity contribution in [1.82, 2.24) is 9.97 Å². The highest BCUT2D eigenvalue weighted by atomic mass is 35.5. The summed E-state index contributed by atoms with van der Waals surface area (Å²) in [5, 5.41) is 3.08. The molecule has 2 atom stereocenters. The number of ether oxygens (including phenoxy) is 1. The number of hydrogen-bond acceptors (Lipinski definition) is 5. The predicted molar refractivity (Wildman–Crippen MR) is 80.0 cm³/mol. The Balaban J connectivity index is 1.85. The van der Waals surface area contributed by atoms with Crippen molar-refractivity contribution in [2.75, 3.05) is 11.9 Å². The van der Waals surface area contributed by atoms with Crippen LogP contribution < -0.4 is 5.32 Å². The molecule has 5 nitrogen and oxygen atoms in total. The molecular formula is C15H19ClFN3O2. The largest absolute Gasteiger partial charge is 0.466 e. The summed E-state index contributed by atoms with van der Waals surface area (Å²) >= 11 is 5.74. The van der Waals surface area contributed by atoms with Gasteiger partial charge in [-0.05, 0) is 56.0 Å². The van der Waals surface area contributed by atoms with E-state index in [0.717, 1.165) is 31.9 Å². The van der Waals surface area contributed by atoms with Crippen LogP contribution in [0.4, 0.5) is 10.2 Å². The van der Waals surface area contributed by atoms with Gasteiger partial charge in [-0.2, -0.15) is 4.98 Å². The number of aromatic nitrogens is 2. The topological polar surface area (TPSA) is 64.1 Å². The first-order valence-electron chi connectivity index (χ1n) is 7.71. The summed E-state index contributed by atoms with van der Waals surface area (Å²) in [6.07, 6.45) is 5.17. The average molecular weight is 328 g/mol. The summed E-state index contributed by atoms with van der Waals surface area (Å²) < 4.78 is 19.1. The van der Waals surface area contributed by atoms with Crippen molar-refractivity contribution in [2.24, 2.45) is 17.8 Å². The molecule has 3 aliphatic carbocycles. The van der Waals surface area contributed by atoms with Crippen LogP contribution in [0.5, 0.6) is 0 Å². The highest BCUT2D eigenvalue weighted by Crippen LogP contribution is 2.46. The molecule has 1 aromatic rings. The number of esters is 1. The van der Waals surface area contributed by atoms with Gasteiger partial charge < -0.3 is 10.1 Å². The summed E-state index contributed by atoms with van der Waals surface area (Å²) in [6.45, 7) is 2.15. The molecule has 1 N–H and O–H groups in total. The zero-order valence-corrected chi connectivity index (χ0v) is 13.1. The number of hydrogen-bond donors (Lipinski definition) is 1. The first kappa shape index (κ1) is 15.5. The fourth-order valence-electron chi connectivity index (χ4n) is 3.84. The van der Waals surface area contributed by atoms with Crippen molar-refractivity contribution in [3.63, 3.8) is 0 Å². The van der Waals surface area contributed by atoms with Gasteiger partial charge in [0.2, 0.25) is 5.28 Å². The molecule has 22 heavy (non-hydrogen) atoms. The molecule has 120 valence electrons. The van der Waals surface area contributed by atoms with E-state index < -0.39 is 5.82 Å². The molecule has 1 unspecified atom stereocenters. The molecule has 7 heteroatoms. The quantitative estimate of drug-likeness (QED) is 0.680. The number of anilines is 1. The first-order chi connectivity index (χ1) is 10.6. The number of nitrogens with one attached hydrogen (secondary N) is 1. The van der Waals surface area contributed by atoms with E-state index in [9.17, 15) is 9.18 Å². The normalized spacial score (nSPS) is 30.1. The van der Waals surface area contributed by atoms with Crippen molar-refractivity contribution >= 4 is 23.4 Å². The minimum Gasteiger partial charge on any atom is -0.466 e. The molecule has 4 rings (SSSR count). The highest BCUT2D eigenvalue weighted by molar-refractivity contribution is 6.28. The van der Waals surface area contributed by atoms with Gasteiger partial charge in [-0.1, -0.05) is 0 Å². The smallest absolute Gasteiger partial charge is 0.311 e. The Morgan fingerprint density at radius 2 is 2.09 bits per heavy atom. The van der Waals surface area contributed by atoms with E-state index in [1.54, 1.807) is 6.92 Å². The lowest BCUT2D eigenvalue weighted by Gasteiger charge is -2.47. The van der Waals surface area contributed by atoms with Crippen molar-refractivity contribution in [3.05, 3.63) is 17.3 Å². The fourth-order valence-corrected chi connectivity index (χ4v) is 3.97. The lowest BCUT2D eigenvalue weighted by Crippen LogP contribution is -2.52. The maximum absolute atomic E-state index is 13.9. The Bertz CT molecular complexity index is 564. The Morgan fingerprint density at radius 1 is 1.41 bits per heavy atom. The van der Waals surface area contributed by atoms with E-state index >= 15 is 0 Å². The van der Waals surface area contributed by atoms with Crippen LogP contribution in [0.25, 0.3) is 0 Å². The second-order valence-corrected chi connectivity index (χ2v) is 6.30. The molecular weight excluding hydrogens is 309 g/mol. The fraction of sp³-hybridized carbons (Fsp3) is 0.667. The van der Waals surface area contributed by atoms with Crippen molar-refractivity contribution in [2.45, 2.75) is 38.6 Å². The Morgan fingerprint density at radius 3 is 2.77 bits per heavy atom. The Labute approximate surface area is 133 Å². The zero-order chi connectivity index (χ0) is 15.7. The monoisotopic (exact) mass is 327 g/mol. The van der Waals surface area contributed by atoms with Gasteiger partial charge in [0.05, 0.1) is 18.7 Å². The molecule has 1 heterocycles. The molecule has 0 amide bonds. The van der Waals surface area contributed by atoms with Gasteiger partial charge in [0, 0.05) is 6.04 Å². The summed E-state index contributed by atoms with van der Waals surface area (Å²) in [5.74, 6) is -0.328. The zero-order valence-electron chi connectivity index (χ0n) is 12.4. The van der Waals surface area contributed by atoms with Gasteiger partial charge in [-0.15, -0.1) is 0 Å². The molecule has 2 bridgehead atoms. The number of fused-ring (bicyclic) bond motifs is 3. The van der Waals surface area contributed by atoms with Crippen molar-refractivity contribution < 1.29 is 13.9 Å². The standard InChI is InChI=1S/C15H19ClFN3O2/c1-2-22-14(21)11-8-3-5-9(6-4-8)12(11)19-13-10(17)7-18-15(16)20-13/h7-9,11-12H,2-6H2,1H3,(H,18,19,20)/t8?,9?,11?,12-/m0/s1. The van der Waals surface area contributed by atoms with Crippen LogP contribution in [-0.2, 0) is 9.53 Å². The molecule has 1 aromatic heterocycles. The molecule has 0 aliphatic heterocycles. The van der Waals surface area contributed by atoms with Crippen molar-refractivity contribution in [3.8, 4) is 0 Å². The summed E-state index contributed by atoms with van der Waals surface area (Å²) in [5.41, 5.74) is 0. The lowest BCUT2D eigenvalue weighted by molar-refractivity contribution is -0.154. The van der Waals surface area contributed by atoms with Crippen LogP contribution in [0.3, 0.4) is 0 Å². The third kappa shape index (κ3) is 2.89. The summed E-state index contributed by atoms with van der Waals surface area (Å²) in [6, 6.07) is -0.160. The Hall–Kier alpha value is -1.43. The van der Waals surface area contributed by atoms with E-state index in [1.165, 1.54) is 0 Å². The average Bonchev–Trinajstić information content (AvgIpc) is 2.52. The number of rotatable bonds is 4. The van der Waals surface area contributed by atoms with Gasteiger partial charge >= 0.3 is 5.97 Å². The van der Waals surface area contributed by atoms with E-state index in [0.29, 0.717) is 18.4 Å². The van der Waals surface area contributed by atoms with Crippen LogP contribution in [0.15, 0.2) is 6.20 Å². The van der Waals surface area contributed by atoms with Crippen LogP contribution >= 0.6 is 11.6 Å².